The molecular weight excluding hydrogens is 358 g/mol. The van der Waals surface area contributed by atoms with Gasteiger partial charge in [0.25, 0.3) is 5.56 Å². The molecule has 0 saturated heterocycles. The minimum atomic E-state index is 0.138. The Morgan fingerprint density at radius 1 is 0.926 bits per heavy atom. The van der Waals surface area contributed by atoms with Gasteiger partial charge in [-0.25, -0.2) is 4.68 Å². The number of hydrogen-bond donors (Lipinski definition) is 0. The molecule has 0 N–H and O–H groups in total. The molecule has 0 saturated carbocycles. The number of aromatic nitrogens is 2. The number of fused-ring (bicyclic) bond motifs is 1. The summed E-state index contributed by atoms with van der Waals surface area (Å²) in [7, 11) is 0. The third kappa shape index (κ3) is 3.73. The fraction of sp³-hybridized carbons (Fsp3) is 0.318. The van der Waals surface area contributed by atoms with Gasteiger partial charge >= 0.3 is 0 Å². The van der Waals surface area contributed by atoms with Crippen LogP contribution in [0.4, 0.5) is 0 Å². The van der Waals surface area contributed by atoms with Crippen LogP contribution in [0.2, 0.25) is 5.02 Å². The Bertz CT molecular complexity index is 973. The molecular formula is C22H24ClN3O. The maximum Gasteiger partial charge on any atom is 0.271 e. The summed E-state index contributed by atoms with van der Waals surface area (Å²) < 4.78 is 4.05. The highest BCUT2D eigenvalue weighted by molar-refractivity contribution is 6.30. The molecule has 5 heteroatoms. The van der Waals surface area contributed by atoms with Gasteiger partial charge in [-0.3, -0.25) is 14.4 Å². The second kappa shape index (κ2) is 7.75. The Morgan fingerprint density at radius 3 is 2.33 bits per heavy atom. The molecule has 0 aliphatic carbocycles. The zero-order valence-electron chi connectivity index (χ0n) is 15.6. The van der Waals surface area contributed by atoms with E-state index in [1.54, 1.807) is 0 Å². The average molecular weight is 382 g/mol. The molecule has 0 unspecified atom stereocenters. The maximum absolute atomic E-state index is 13.2. The third-order valence-corrected chi connectivity index (χ3v) is 5.54. The average Bonchev–Trinajstić information content (AvgIpc) is 2.95. The van der Waals surface area contributed by atoms with Crippen LogP contribution in [0.25, 0.3) is 0 Å². The fourth-order valence-corrected chi connectivity index (χ4v) is 4.08. The smallest absolute Gasteiger partial charge is 0.271 e. The van der Waals surface area contributed by atoms with E-state index >= 15 is 0 Å². The van der Waals surface area contributed by atoms with Crippen LogP contribution in [0.1, 0.15) is 29.3 Å². The van der Waals surface area contributed by atoms with E-state index in [2.05, 4.69) is 40.8 Å². The summed E-state index contributed by atoms with van der Waals surface area (Å²) in [4.78, 5) is 15.5. The Labute approximate surface area is 164 Å². The lowest BCUT2D eigenvalue weighted by atomic mass is 10.1. The van der Waals surface area contributed by atoms with E-state index in [0.717, 1.165) is 43.7 Å². The van der Waals surface area contributed by atoms with E-state index in [0.29, 0.717) is 11.6 Å². The predicted octanol–water partition coefficient (Wildman–Crippen LogP) is 3.93. The van der Waals surface area contributed by atoms with Crippen LogP contribution in [0, 0.1) is 0 Å². The topological polar surface area (TPSA) is 30.2 Å². The van der Waals surface area contributed by atoms with Crippen LogP contribution in [0.15, 0.2) is 59.4 Å². The zero-order chi connectivity index (χ0) is 18.8. The monoisotopic (exact) mass is 381 g/mol. The van der Waals surface area contributed by atoms with Gasteiger partial charge in [0.05, 0.1) is 12.1 Å². The van der Waals surface area contributed by atoms with Gasteiger partial charge in [0, 0.05) is 43.3 Å². The second-order valence-electron chi connectivity index (χ2n) is 7.08. The molecule has 1 aliphatic rings. The molecule has 0 radical (unpaired) electrons. The molecule has 0 bridgehead atoms. The molecule has 0 fully saturated rings. The van der Waals surface area contributed by atoms with Gasteiger partial charge in [-0.2, -0.15) is 0 Å². The van der Waals surface area contributed by atoms with Crippen molar-refractivity contribution in [1.29, 1.82) is 0 Å². The van der Waals surface area contributed by atoms with Gasteiger partial charge < -0.3 is 0 Å². The fourth-order valence-electron chi connectivity index (χ4n) is 3.95. The van der Waals surface area contributed by atoms with E-state index < -0.39 is 0 Å². The van der Waals surface area contributed by atoms with Crippen molar-refractivity contribution in [2.75, 3.05) is 6.54 Å². The summed E-state index contributed by atoms with van der Waals surface area (Å²) in [6.45, 7) is 6.07. The minimum absolute atomic E-state index is 0.138. The van der Waals surface area contributed by atoms with Crippen molar-refractivity contribution in [1.82, 2.24) is 14.3 Å². The molecule has 27 heavy (non-hydrogen) atoms. The first kappa shape index (κ1) is 18.1. The summed E-state index contributed by atoms with van der Waals surface area (Å²) in [5.41, 5.74) is 4.66. The Morgan fingerprint density at radius 2 is 1.63 bits per heavy atom. The normalized spacial score (nSPS) is 14.3. The van der Waals surface area contributed by atoms with E-state index in [9.17, 15) is 4.79 Å². The highest BCUT2D eigenvalue weighted by atomic mass is 35.5. The molecule has 2 heterocycles. The van der Waals surface area contributed by atoms with Gasteiger partial charge in [-0.15, -0.1) is 0 Å². The highest BCUT2D eigenvalue weighted by Gasteiger charge is 2.25. The number of nitrogens with zero attached hydrogens (tertiary/aromatic N) is 3. The molecule has 0 amide bonds. The largest absolute Gasteiger partial charge is 0.294 e. The molecule has 0 atom stereocenters. The van der Waals surface area contributed by atoms with Crippen LogP contribution >= 0.6 is 11.6 Å². The second-order valence-corrected chi connectivity index (χ2v) is 7.51. The zero-order valence-corrected chi connectivity index (χ0v) is 16.3. The van der Waals surface area contributed by atoms with Crippen molar-refractivity contribution in [3.05, 3.63) is 92.4 Å². The van der Waals surface area contributed by atoms with Crippen LogP contribution < -0.4 is 5.56 Å². The molecule has 1 aliphatic heterocycles. The summed E-state index contributed by atoms with van der Waals surface area (Å²) >= 11 is 5.99. The van der Waals surface area contributed by atoms with Gasteiger partial charge in [-0.1, -0.05) is 54.1 Å². The van der Waals surface area contributed by atoms with E-state index in [1.807, 2.05) is 35.0 Å². The van der Waals surface area contributed by atoms with Crippen molar-refractivity contribution in [3.63, 3.8) is 0 Å². The maximum atomic E-state index is 13.2. The molecule has 3 aromatic rings. The molecule has 140 valence electrons. The van der Waals surface area contributed by atoms with Crippen LogP contribution in [0.5, 0.6) is 0 Å². The van der Waals surface area contributed by atoms with E-state index in [4.69, 9.17) is 11.6 Å². The minimum Gasteiger partial charge on any atom is -0.294 e. The van der Waals surface area contributed by atoms with Gasteiger partial charge in [0.1, 0.15) is 0 Å². The lowest BCUT2D eigenvalue weighted by Gasteiger charge is -2.27. The number of hydrogen-bond acceptors (Lipinski definition) is 2. The SMILES string of the molecule is CCn1c2c(c(=O)n1Cc1ccc(Cl)cc1)CN(Cc1ccccc1)CC2. The summed E-state index contributed by atoms with van der Waals surface area (Å²) in [5, 5.41) is 0.716. The van der Waals surface area contributed by atoms with Crippen molar-refractivity contribution in [2.45, 2.75) is 39.5 Å². The standard InChI is InChI=1S/C22H24ClN3O/c1-2-25-21-12-13-24(14-17-6-4-3-5-7-17)16-20(21)22(27)26(25)15-18-8-10-19(23)11-9-18/h3-11H,2,12-16H2,1H3. The molecule has 1 aromatic heterocycles. The van der Waals surface area contributed by atoms with Crippen LogP contribution in [-0.4, -0.2) is 20.8 Å². The quantitative estimate of drug-likeness (QED) is 0.670. The number of halogens is 1. The van der Waals surface area contributed by atoms with Gasteiger partial charge in [-0.05, 0) is 30.2 Å². The molecule has 4 nitrogen and oxygen atoms in total. The third-order valence-electron chi connectivity index (χ3n) is 5.28. The molecule has 2 aromatic carbocycles. The number of benzene rings is 2. The highest BCUT2D eigenvalue weighted by Crippen LogP contribution is 2.20. The van der Waals surface area contributed by atoms with E-state index in [-0.39, 0.29) is 5.56 Å². The predicted molar refractivity (Wildman–Crippen MR) is 109 cm³/mol. The van der Waals surface area contributed by atoms with Crippen LogP contribution in [0.3, 0.4) is 0 Å². The van der Waals surface area contributed by atoms with E-state index in [1.165, 1.54) is 11.3 Å². The first-order valence-electron chi connectivity index (χ1n) is 9.47. The lowest BCUT2D eigenvalue weighted by Crippen LogP contribution is -2.32. The molecule has 0 spiro atoms. The van der Waals surface area contributed by atoms with Crippen molar-refractivity contribution < 1.29 is 0 Å². The summed E-state index contributed by atoms with van der Waals surface area (Å²) in [5.74, 6) is 0. The Kier molecular flexibility index (Phi) is 5.19. The summed E-state index contributed by atoms with van der Waals surface area (Å²) in [6.07, 6.45) is 0.916. The summed E-state index contributed by atoms with van der Waals surface area (Å²) in [6, 6.07) is 18.2. The lowest BCUT2D eigenvalue weighted by molar-refractivity contribution is 0.241. The number of rotatable bonds is 5. The van der Waals surface area contributed by atoms with Gasteiger partial charge in [0.15, 0.2) is 0 Å². The van der Waals surface area contributed by atoms with Gasteiger partial charge in [0.2, 0.25) is 0 Å². The van der Waals surface area contributed by atoms with Crippen LogP contribution in [-0.2, 0) is 32.6 Å². The Hall–Kier alpha value is -2.30. The van der Waals surface area contributed by atoms with Crippen molar-refractivity contribution in [2.24, 2.45) is 0 Å². The molecule has 4 rings (SSSR count). The Balaban J connectivity index is 1.61. The van der Waals surface area contributed by atoms with Crippen molar-refractivity contribution >= 4 is 11.6 Å². The van der Waals surface area contributed by atoms with Crippen molar-refractivity contribution in [3.8, 4) is 0 Å². The first-order valence-corrected chi connectivity index (χ1v) is 9.85. The first-order chi connectivity index (χ1) is 13.2.